The third kappa shape index (κ3) is 3.87. The van der Waals surface area contributed by atoms with Gasteiger partial charge in [0.25, 0.3) is 0 Å². The van der Waals surface area contributed by atoms with Gasteiger partial charge in [0.05, 0.1) is 0 Å². The fourth-order valence-electron chi connectivity index (χ4n) is 1.40. The predicted octanol–water partition coefficient (Wildman–Crippen LogP) is -0.596. The van der Waals surface area contributed by atoms with Gasteiger partial charge in [0.2, 0.25) is 0 Å². The van der Waals surface area contributed by atoms with E-state index < -0.39 is 11.8 Å². The second kappa shape index (κ2) is 4.54. The van der Waals surface area contributed by atoms with Crippen molar-refractivity contribution in [2.45, 2.75) is 18.6 Å². The van der Waals surface area contributed by atoms with E-state index in [4.69, 9.17) is 5.11 Å². The minimum Gasteiger partial charge on any atom is -0.478 e. The first-order valence-electron chi connectivity index (χ1n) is 4.56. The molecule has 1 aliphatic rings. The maximum Gasteiger partial charge on any atom is 0.328 e. The summed E-state index contributed by atoms with van der Waals surface area (Å²) in [5, 5.41) is 26.8. The lowest BCUT2D eigenvalue weighted by atomic mass is 10.0. The number of carboxylic acids is 1. The summed E-state index contributed by atoms with van der Waals surface area (Å²) in [6.45, 7) is 1.70. The number of likely N-dealkylation sites (tertiary alicyclic amines) is 1. The SMILES string of the molecule is O=C(O)C=CCN1CCC(O)(O)CC1. The molecule has 80 valence electrons. The van der Waals surface area contributed by atoms with Crippen LogP contribution in [-0.2, 0) is 4.79 Å². The smallest absolute Gasteiger partial charge is 0.328 e. The molecule has 0 spiro atoms. The Morgan fingerprint density at radius 1 is 1.36 bits per heavy atom. The molecule has 5 nitrogen and oxygen atoms in total. The van der Waals surface area contributed by atoms with Gasteiger partial charge in [0.15, 0.2) is 5.79 Å². The van der Waals surface area contributed by atoms with Crippen molar-refractivity contribution in [1.29, 1.82) is 0 Å². The molecule has 0 radical (unpaired) electrons. The lowest BCUT2D eigenvalue weighted by Crippen LogP contribution is -2.44. The summed E-state index contributed by atoms with van der Waals surface area (Å²) in [6, 6.07) is 0. The predicted molar refractivity (Wildman–Crippen MR) is 49.6 cm³/mol. The van der Waals surface area contributed by atoms with Crippen LogP contribution in [0.2, 0.25) is 0 Å². The molecular weight excluding hydrogens is 186 g/mol. The molecule has 0 saturated carbocycles. The van der Waals surface area contributed by atoms with E-state index in [1.54, 1.807) is 6.08 Å². The first kappa shape index (κ1) is 11.2. The molecule has 3 N–H and O–H groups in total. The van der Waals surface area contributed by atoms with Gasteiger partial charge < -0.3 is 15.3 Å². The largest absolute Gasteiger partial charge is 0.478 e. The Kier molecular flexibility index (Phi) is 3.62. The molecule has 14 heavy (non-hydrogen) atoms. The molecule has 1 fully saturated rings. The Hall–Kier alpha value is -0.910. The van der Waals surface area contributed by atoms with Crippen LogP contribution in [0.25, 0.3) is 0 Å². The van der Waals surface area contributed by atoms with Gasteiger partial charge in [0, 0.05) is 38.6 Å². The molecule has 5 heteroatoms. The molecule has 1 aliphatic heterocycles. The van der Waals surface area contributed by atoms with Crippen LogP contribution in [0, 0.1) is 0 Å². The maximum absolute atomic E-state index is 10.2. The summed E-state index contributed by atoms with van der Waals surface area (Å²) >= 11 is 0. The number of carbonyl (C=O) groups is 1. The molecule has 0 aliphatic carbocycles. The van der Waals surface area contributed by atoms with Crippen molar-refractivity contribution in [3.05, 3.63) is 12.2 Å². The fraction of sp³-hybridized carbons (Fsp3) is 0.667. The van der Waals surface area contributed by atoms with Crippen LogP contribution in [0.4, 0.5) is 0 Å². The second-order valence-corrected chi connectivity index (χ2v) is 3.52. The van der Waals surface area contributed by atoms with E-state index in [2.05, 4.69) is 0 Å². The number of aliphatic hydroxyl groups is 2. The van der Waals surface area contributed by atoms with E-state index in [0.717, 1.165) is 6.08 Å². The van der Waals surface area contributed by atoms with Crippen LogP contribution in [0.5, 0.6) is 0 Å². The van der Waals surface area contributed by atoms with E-state index in [1.807, 2.05) is 4.90 Å². The summed E-state index contributed by atoms with van der Waals surface area (Å²) in [5.74, 6) is -2.49. The van der Waals surface area contributed by atoms with Crippen molar-refractivity contribution in [3.8, 4) is 0 Å². The van der Waals surface area contributed by atoms with Crippen LogP contribution in [0.3, 0.4) is 0 Å². The van der Waals surface area contributed by atoms with Crippen molar-refractivity contribution in [1.82, 2.24) is 4.90 Å². The third-order valence-electron chi connectivity index (χ3n) is 2.28. The number of hydrogen-bond donors (Lipinski definition) is 3. The molecule has 1 saturated heterocycles. The zero-order valence-electron chi connectivity index (χ0n) is 7.89. The zero-order chi connectivity index (χ0) is 10.6. The summed E-state index contributed by atoms with van der Waals surface area (Å²) in [6.07, 6.45) is 3.28. The molecule has 1 rings (SSSR count). The van der Waals surface area contributed by atoms with Crippen molar-refractivity contribution in [2.75, 3.05) is 19.6 Å². The first-order chi connectivity index (χ1) is 6.49. The van der Waals surface area contributed by atoms with Gasteiger partial charge in [-0.05, 0) is 0 Å². The van der Waals surface area contributed by atoms with Crippen molar-refractivity contribution < 1.29 is 20.1 Å². The minimum atomic E-state index is -1.53. The molecule has 0 aromatic heterocycles. The lowest BCUT2D eigenvalue weighted by Gasteiger charge is -2.33. The highest BCUT2D eigenvalue weighted by Gasteiger charge is 2.28. The summed E-state index contributed by atoms with van der Waals surface area (Å²) < 4.78 is 0. The van der Waals surface area contributed by atoms with Crippen LogP contribution >= 0.6 is 0 Å². The highest BCUT2D eigenvalue weighted by Crippen LogP contribution is 2.18. The summed E-state index contributed by atoms with van der Waals surface area (Å²) in [4.78, 5) is 12.1. The van der Waals surface area contributed by atoms with Crippen molar-refractivity contribution in [3.63, 3.8) is 0 Å². The molecule has 0 bridgehead atoms. The van der Waals surface area contributed by atoms with E-state index in [9.17, 15) is 15.0 Å². The Bertz CT molecular complexity index is 227. The maximum atomic E-state index is 10.2. The normalized spacial score (nSPS) is 22.7. The highest BCUT2D eigenvalue weighted by atomic mass is 16.5. The standard InChI is InChI=1S/C9H15NO4/c11-8(12)2-1-5-10-6-3-9(13,14)4-7-10/h1-2,13-14H,3-7H2,(H,11,12). The van der Waals surface area contributed by atoms with Gasteiger partial charge in [0.1, 0.15) is 0 Å². The first-order valence-corrected chi connectivity index (χ1v) is 4.56. The number of piperidine rings is 1. The van der Waals surface area contributed by atoms with Crippen LogP contribution in [0.1, 0.15) is 12.8 Å². The Balaban J connectivity index is 2.26. The van der Waals surface area contributed by atoms with Crippen LogP contribution in [-0.4, -0.2) is 51.6 Å². The average Bonchev–Trinajstić information content (AvgIpc) is 2.07. The molecule has 0 aromatic carbocycles. The van der Waals surface area contributed by atoms with Crippen molar-refractivity contribution in [2.24, 2.45) is 0 Å². The van der Waals surface area contributed by atoms with Gasteiger partial charge >= 0.3 is 5.97 Å². The third-order valence-corrected chi connectivity index (χ3v) is 2.28. The number of nitrogens with zero attached hydrogens (tertiary/aromatic N) is 1. The van der Waals surface area contributed by atoms with E-state index in [-0.39, 0.29) is 0 Å². The number of rotatable bonds is 3. The van der Waals surface area contributed by atoms with Gasteiger partial charge in [-0.15, -0.1) is 0 Å². The van der Waals surface area contributed by atoms with E-state index >= 15 is 0 Å². The number of aliphatic carboxylic acids is 1. The quantitative estimate of drug-likeness (QED) is 0.420. The molecule has 0 amide bonds. The van der Waals surface area contributed by atoms with E-state index in [0.29, 0.717) is 32.5 Å². The number of hydrogen-bond acceptors (Lipinski definition) is 4. The van der Waals surface area contributed by atoms with Gasteiger partial charge in [-0.25, -0.2) is 4.79 Å². The molecule has 0 aromatic rings. The monoisotopic (exact) mass is 201 g/mol. The molecule has 0 unspecified atom stereocenters. The Morgan fingerprint density at radius 3 is 2.43 bits per heavy atom. The molecule has 1 heterocycles. The minimum absolute atomic E-state index is 0.313. The van der Waals surface area contributed by atoms with Gasteiger partial charge in [-0.3, -0.25) is 4.90 Å². The lowest BCUT2D eigenvalue weighted by molar-refractivity contribution is -0.188. The Labute approximate surface area is 82.3 Å². The number of carboxylic acid groups (broad SMARTS) is 1. The Morgan fingerprint density at radius 2 is 1.93 bits per heavy atom. The zero-order valence-corrected chi connectivity index (χ0v) is 7.89. The summed E-state index contributed by atoms with van der Waals surface area (Å²) in [7, 11) is 0. The topological polar surface area (TPSA) is 81.0 Å². The van der Waals surface area contributed by atoms with Gasteiger partial charge in [-0.2, -0.15) is 0 Å². The van der Waals surface area contributed by atoms with Crippen LogP contribution < -0.4 is 0 Å². The van der Waals surface area contributed by atoms with Crippen molar-refractivity contribution >= 4 is 5.97 Å². The average molecular weight is 201 g/mol. The van der Waals surface area contributed by atoms with Gasteiger partial charge in [-0.1, -0.05) is 6.08 Å². The second-order valence-electron chi connectivity index (χ2n) is 3.52. The molecule has 0 atom stereocenters. The van der Waals surface area contributed by atoms with Crippen LogP contribution in [0.15, 0.2) is 12.2 Å². The summed E-state index contributed by atoms with van der Waals surface area (Å²) in [5.41, 5.74) is 0. The highest BCUT2D eigenvalue weighted by molar-refractivity contribution is 5.79. The fourth-order valence-corrected chi connectivity index (χ4v) is 1.40. The molecular formula is C9H15NO4. The van der Waals surface area contributed by atoms with E-state index in [1.165, 1.54) is 0 Å².